The van der Waals surface area contributed by atoms with Gasteiger partial charge in [0.15, 0.2) is 0 Å². The van der Waals surface area contributed by atoms with Crippen molar-refractivity contribution < 1.29 is 14.3 Å². The molecule has 2 N–H and O–H groups in total. The van der Waals surface area contributed by atoms with Gasteiger partial charge in [-0.25, -0.2) is 0 Å². The van der Waals surface area contributed by atoms with E-state index < -0.39 is 0 Å². The summed E-state index contributed by atoms with van der Waals surface area (Å²) in [6.07, 6.45) is 0.426. The van der Waals surface area contributed by atoms with Crippen LogP contribution in [0.4, 0.5) is 5.69 Å². The number of benzene rings is 1. The predicted octanol–water partition coefficient (Wildman–Crippen LogP) is 1.80. The highest BCUT2D eigenvalue weighted by Gasteiger charge is 2.07. The van der Waals surface area contributed by atoms with Gasteiger partial charge in [-0.05, 0) is 30.2 Å². The topological polar surface area (TPSA) is 67.4 Å². The second kappa shape index (κ2) is 7.41. The third kappa shape index (κ3) is 5.90. The van der Waals surface area contributed by atoms with Crippen LogP contribution in [0.2, 0.25) is 0 Å². The lowest BCUT2D eigenvalue weighted by Crippen LogP contribution is -2.33. The fourth-order valence-electron chi connectivity index (χ4n) is 1.50. The molecule has 0 fully saturated rings. The number of hydrogen-bond acceptors (Lipinski definition) is 3. The molecule has 0 heterocycles. The van der Waals surface area contributed by atoms with Gasteiger partial charge in [0.05, 0.1) is 13.7 Å². The van der Waals surface area contributed by atoms with Gasteiger partial charge >= 0.3 is 0 Å². The molecule has 0 atom stereocenters. The minimum atomic E-state index is -0.248. The van der Waals surface area contributed by atoms with E-state index in [0.29, 0.717) is 12.1 Å². The number of carbonyl (C=O) groups excluding carboxylic acids is 2. The number of ether oxygens (including phenoxy) is 1. The van der Waals surface area contributed by atoms with E-state index in [1.807, 2.05) is 13.8 Å². The number of anilines is 1. The normalized spacial score (nSPS) is 10.1. The highest BCUT2D eigenvalue weighted by Crippen LogP contribution is 2.14. The Bertz CT molecular complexity index is 427. The summed E-state index contributed by atoms with van der Waals surface area (Å²) in [6.45, 7) is 3.89. The Hall–Kier alpha value is -2.04. The second-order valence-electron chi connectivity index (χ2n) is 4.65. The largest absolute Gasteiger partial charge is 0.497 e. The molecule has 0 saturated carbocycles. The van der Waals surface area contributed by atoms with E-state index >= 15 is 0 Å². The molecule has 0 saturated heterocycles. The summed E-state index contributed by atoms with van der Waals surface area (Å²) in [4.78, 5) is 23.0. The van der Waals surface area contributed by atoms with Crippen LogP contribution in [0.15, 0.2) is 24.3 Å². The Labute approximate surface area is 113 Å². The maximum absolute atomic E-state index is 11.6. The average molecular weight is 264 g/mol. The van der Waals surface area contributed by atoms with E-state index in [2.05, 4.69) is 10.6 Å². The molecule has 0 bridgehead atoms. The van der Waals surface area contributed by atoms with E-state index in [0.717, 1.165) is 5.75 Å². The van der Waals surface area contributed by atoms with Crippen LogP contribution in [0.1, 0.15) is 20.3 Å². The number of hydrogen-bond donors (Lipinski definition) is 2. The molecule has 1 rings (SSSR count). The standard InChI is InChI=1S/C14H20N2O3/c1-10(2)8-13(17)15-9-14(18)16-11-4-6-12(19-3)7-5-11/h4-7,10H,8-9H2,1-3H3,(H,15,17)(H,16,18). The number of rotatable bonds is 6. The van der Waals surface area contributed by atoms with Gasteiger partial charge in [-0.15, -0.1) is 0 Å². The minimum Gasteiger partial charge on any atom is -0.497 e. The highest BCUT2D eigenvalue weighted by molar-refractivity contribution is 5.94. The van der Waals surface area contributed by atoms with E-state index in [1.165, 1.54) is 0 Å². The molecule has 2 amide bonds. The fraction of sp³-hybridized carbons (Fsp3) is 0.429. The van der Waals surface area contributed by atoms with Gasteiger partial charge in [0.2, 0.25) is 11.8 Å². The molecule has 5 nitrogen and oxygen atoms in total. The molecule has 0 aliphatic rings. The Balaban J connectivity index is 2.36. The van der Waals surface area contributed by atoms with Crippen LogP contribution >= 0.6 is 0 Å². The van der Waals surface area contributed by atoms with E-state index in [9.17, 15) is 9.59 Å². The zero-order chi connectivity index (χ0) is 14.3. The summed E-state index contributed by atoms with van der Waals surface area (Å²) >= 11 is 0. The number of carbonyl (C=O) groups is 2. The lowest BCUT2D eigenvalue weighted by molar-refractivity contribution is -0.124. The molecular formula is C14H20N2O3. The Morgan fingerprint density at radius 3 is 2.32 bits per heavy atom. The van der Waals surface area contributed by atoms with E-state index in [-0.39, 0.29) is 24.3 Å². The van der Waals surface area contributed by atoms with Gasteiger partial charge in [0.1, 0.15) is 5.75 Å². The Morgan fingerprint density at radius 1 is 1.16 bits per heavy atom. The third-order valence-corrected chi connectivity index (χ3v) is 2.41. The molecule has 5 heteroatoms. The number of methoxy groups -OCH3 is 1. The van der Waals surface area contributed by atoms with Crippen LogP contribution in [0, 0.1) is 5.92 Å². The van der Waals surface area contributed by atoms with Crippen LogP contribution in [0.3, 0.4) is 0 Å². The molecule has 104 valence electrons. The first-order chi connectivity index (χ1) is 9.01. The zero-order valence-corrected chi connectivity index (χ0v) is 11.5. The van der Waals surface area contributed by atoms with Gasteiger partial charge < -0.3 is 15.4 Å². The van der Waals surface area contributed by atoms with E-state index in [4.69, 9.17) is 4.74 Å². The van der Waals surface area contributed by atoms with Gasteiger partial charge in [-0.3, -0.25) is 9.59 Å². The van der Waals surface area contributed by atoms with Crippen molar-refractivity contribution in [2.45, 2.75) is 20.3 Å². The molecule has 0 radical (unpaired) electrons. The summed E-state index contributed by atoms with van der Waals surface area (Å²) in [5.41, 5.74) is 0.670. The SMILES string of the molecule is COc1ccc(NC(=O)CNC(=O)CC(C)C)cc1. The van der Waals surface area contributed by atoms with Crippen LogP contribution in [0.25, 0.3) is 0 Å². The van der Waals surface area contributed by atoms with Gasteiger partial charge in [-0.1, -0.05) is 13.8 Å². The van der Waals surface area contributed by atoms with Gasteiger partial charge in [0.25, 0.3) is 0 Å². The van der Waals surface area contributed by atoms with Crippen molar-refractivity contribution in [3.63, 3.8) is 0 Å². The third-order valence-electron chi connectivity index (χ3n) is 2.41. The van der Waals surface area contributed by atoms with Gasteiger partial charge in [0, 0.05) is 12.1 Å². The van der Waals surface area contributed by atoms with Crippen molar-refractivity contribution in [1.82, 2.24) is 5.32 Å². The molecule has 0 aliphatic carbocycles. The van der Waals surface area contributed by atoms with Crippen LogP contribution in [0.5, 0.6) is 5.75 Å². The average Bonchev–Trinajstić information content (AvgIpc) is 2.36. The van der Waals surface area contributed by atoms with Crippen molar-refractivity contribution in [3.8, 4) is 5.75 Å². The van der Waals surface area contributed by atoms with Crippen LogP contribution < -0.4 is 15.4 Å². The molecular weight excluding hydrogens is 244 g/mol. The van der Waals surface area contributed by atoms with E-state index in [1.54, 1.807) is 31.4 Å². The smallest absolute Gasteiger partial charge is 0.243 e. The van der Waals surface area contributed by atoms with Crippen molar-refractivity contribution in [3.05, 3.63) is 24.3 Å². The maximum Gasteiger partial charge on any atom is 0.243 e. The number of amides is 2. The van der Waals surface area contributed by atoms with Gasteiger partial charge in [-0.2, -0.15) is 0 Å². The number of nitrogens with one attached hydrogen (secondary N) is 2. The molecule has 0 aromatic heterocycles. The minimum absolute atomic E-state index is 0.0163. The quantitative estimate of drug-likeness (QED) is 0.823. The summed E-state index contributed by atoms with van der Waals surface area (Å²) in [7, 11) is 1.58. The lowest BCUT2D eigenvalue weighted by Gasteiger charge is -2.08. The Kier molecular flexibility index (Phi) is 5.85. The molecule has 0 spiro atoms. The molecule has 1 aromatic rings. The zero-order valence-electron chi connectivity index (χ0n) is 11.5. The van der Waals surface area contributed by atoms with Crippen molar-refractivity contribution in [2.24, 2.45) is 5.92 Å². The first-order valence-corrected chi connectivity index (χ1v) is 6.22. The fourth-order valence-corrected chi connectivity index (χ4v) is 1.50. The Morgan fingerprint density at radius 2 is 1.79 bits per heavy atom. The summed E-state index contributed by atoms with van der Waals surface area (Å²) in [5.74, 6) is 0.648. The molecule has 0 unspecified atom stereocenters. The van der Waals surface area contributed by atoms with Crippen molar-refractivity contribution >= 4 is 17.5 Å². The molecule has 1 aromatic carbocycles. The van der Waals surface area contributed by atoms with Crippen LogP contribution in [-0.4, -0.2) is 25.5 Å². The first kappa shape index (κ1) is 15.0. The first-order valence-electron chi connectivity index (χ1n) is 6.22. The van der Waals surface area contributed by atoms with Crippen molar-refractivity contribution in [2.75, 3.05) is 19.0 Å². The van der Waals surface area contributed by atoms with Crippen molar-refractivity contribution in [1.29, 1.82) is 0 Å². The van der Waals surface area contributed by atoms with Crippen LogP contribution in [-0.2, 0) is 9.59 Å². The maximum atomic E-state index is 11.6. The molecule has 0 aliphatic heterocycles. The summed E-state index contributed by atoms with van der Waals surface area (Å²) in [6, 6.07) is 7.00. The molecule has 19 heavy (non-hydrogen) atoms. The summed E-state index contributed by atoms with van der Waals surface area (Å²) < 4.78 is 5.02. The predicted molar refractivity (Wildman–Crippen MR) is 74.1 cm³/mol. The lowest BCUT2D eigenvalue weighted by atomic mass is 10.1. The second-order valence-corrected chi connectivity index (χ2v) is 4.65. The highest BCUT2D eigenvalue weighted by atomic mass is 16.5. The monoisotopic (exact) mass is 264 g/mol. The summed E-state index contributed by atoms with van der Waals surface area (Å²) in [5, 5.41) is 5.27.